The van der Waals surface area contributed by atoms with E-state index in [9.17, 15) is 30.0 Å². The van der Waals surface area contributed by atoms with Crippen molar-refractivity contribution >= 4 is 29.0 Å². The van der Waals surface area contributed by atoms with E-state index >= 15 is 0 Å². The number of carbonyl (C=O) groups is 2. The Balaban J connectivity index is 1.75. The van der Waals surface area contributed by atoms with Crippen LogP contribution < -0.4 is 4.90 Å². The van der Waals surface area contributed by atoms with Crippen LogP contribution in [0.4, 0.5) is 17.1 Å². The standard InChI is InChI=1S/C34H35N3O8/c1-19-4-9-30(39)23(10-19)14-28-21(3)29(15-24(34(28)45)12-22-11-20(2)33(44)25(13-22)18-38)36-35-26-5-7-27(8-6-26)37(16-31(40)41)17-32(42)43/h4-11,13,15,38-39,44-45H,12,14,16-18H2,1-3H3,(H,40,41)(H,42,43). The smallest absolute Gasteiger partial charge is 0.323 e. The van der Waals surface area contributed by atoms with E-state index in [4.69, 9.17) is 10.2 Å². The molecule has 0 aliphatic carbocycles. The number of aryl methyl sites for hydroxylation is 2. The van der Waals surface area contributed by atoms with Gasteiger partial charge in [-0.05, 0) is 85.5 Å². The number of aliphatic hydroxyl groups is 1. The first-order valence-corrected chi connectivity index (χ1v) is 14.1. The number of hydrogen-bond donors (Lipinski definition) is 6. The number of aliphatic hydroxyl groups excluding tert-OH is 1. The van der Waals surface area contributed by atoms with Crippen molar-refractivity contribution in [1.82, 2.24) is 0 Å². The Hall–Kier alpha value is -5.42. The number of benzene rings is 4. The molecule has 4 aromatic rings. The minimum absolute atomic E-state index is 0.0135. The molecule has 234 valence electrons. The topological polar surface area (TPSA) is 183 Å². The second-order valence-electron chi connectivity index (χ2n) is 10.9. The van der Waals surface area contributed by atoms with Gasteiger partial charge in [0.15, 0.2) is 0 Å². The molecular weight excluding hydrogens is 578 g/mol. The van der Waals surface area contributed by atoms with Gasteiger partial charge in [0, 0.05) is 35.2 Å². The average molecular weight is 614 g/mol. The van der Waals surface area contributed by atoms with Gasteiger partial charge < -0.3 is 35.5 Å². The Morgan fingerprint density at radius 1 is 0.733 bits per heavy atom. The van der Waals surface area contributed by atoms with Gasteiger partial charge >= 0.3 is 11.9 Å². The number of aliphatic carboxylic acids is 2. The molecule has 0 atom stereocenters. The second-order valence-corrected chi connectivity index (χ2v) is 10.9. The van der Waals surface area contributed by atoms with Crippen molar-refractivity contribution in [1.29, 1.82) is 0 Å². The van der Waals surface area contributed by atoms with Gasteiger partial charge in [-0.2, -0.15) is 10.2 Å². The van der Waals surface area contributed by atoms with Crippen LogP contribution in [0.2, 0.25) is 0 Å². The van der Waals surface area contributed by atoms with Crippen molar-refractivity contribution in [2.45, 2.75) is 40.2 Å². The first kappa shape index (κ1) is 32.5. The van der Waals surface area contributed by atoms with Crippen LogP contribution in [-0.2, 0) is 29.0 Å². The van der Waals surface area contributed by atoms with Crippen molar-refractivity contribution in [3.63, 3.8) is 0 Å². The summed E-state index contributed by atoms with van der Waals surface area (Å²) < 4.78 is 0. The lowest BCUT2D eigenvalue weighted by molar-refractivity contribution is -0.136. The summed E-state index contributed by atoms with van der Waals surface area (Å²) in [4.78, 5) is 23.6. The van der Waals surface area contributed by atoms with E-state index in [2.05, 4.69) is 10.2 Å². The molecule has 6 N–H and O–H groups in total. The molecule has 11 heteroatoms. The zero-order chi connectivity index (χ0) is 32.8. The molecular formula is C34H35N3O8. The van der Waals surface area contributed by atoms with Gasteiger partial charge in [0.2, 0.25) is 0 Å². The fourth-order valence-electron chi connectivity index (χ4n) is 5.15. The third kappa shape index (κ3) is 7.95. The molecule has 11 nitrogen and oxygen atoms in total. The predicted octanol–water partition coefficient (Wildman–Crippen LogP) is 5.79. The number of azo groups is 1. The summed E-state index contributed by atoms with van der Waals surface area (Å²) in [5.41, 5.74) is 6.29. The number of carboxylic acids is 2. The number of nitrogens with zero attached hydrogens (tertiary/aromatic N) is 3. The summed E-state index contributed by atoms with van der Waals surface area (Å²) in [7, 11) is 0. The minimum atomic E-state index is -1.16. The van der Waals surface area contributed by atoms with Gasteiger partial charge in [-0.25, -0.2) is 0 Å². The Morgan fingerprint density at radius 2 is 1.40 bits per heavy atom. The Bertz CT molecular complexity index is 1750. The van der Waals surface area contributed by atoms with Crippen LogP contribution >= 0.6 is 0 Å². The molecule has 0 saturated carbocycles. The summed E-state index contributed by atoms with van der Waals surface area (Å²) in [5, 5.41) is 69.1. The minimum Gasteiger partial charge on any atom is -0.508 e. The SMILES string of the molecule is Cc1ccc(O)c(Cc2c(C)c(N=Nc3ccc(N(CC(=O)O)CC(=O)O)cc3)cc(Cc3cc(C)c(O)c(CO)c3)c2O)c1. The normalized spacial score (nSPS) is 11.2. The second kappa shape index (κ2) is 13.9. The molecule has 0 fully saturated rings. The van der Waals surface area contributed by atoms with Crippen LogP contribution in [0.1, 0.15) is 44.5 Å². The third-order valence-electron chi connectivity index (χ3n) is 7.48. The van der Waals surface area contributed by atoms with E-state index < -0.39 is 25.0 Å². The molecule has 4 aromatic carbocycles. The van der Waals surface area contributed by atoms with Gasteiger partial charge in [-0.3, -0.25) is 9.59 Å². The van der Waals surface area contributed by atoms with Gasteiger partial charge in [0.25, 0.3) is 0 Å². The molecule has 0 aliphatic rings. The number of phenols is 3. The Labute approximate surface area is 260 Å². The van der Waals surface area contributed by atoms with Crippen molar-refractivity contribution in [3.05, 3.63) is 105 Å². The summed E-state index contributed by atoms with van der Waals surface area (Å²) >= 11 is 0. The molecule has 0 radical (unpaired) electrons. The van der Waals surface area contributed by atoms with Crippen molar-refractivity contribution in [2.75, 3.05) is 18.0 Å². The molecule has 0 spiro atoms. The maximum absolute atomic E-state index is 11.5. The number of aromatic hydroxyl groups is 3. The zero-order valence-electron chi connectivity index (χ0n) is 25.2. The number of anilines is 1. The van der Waals surface area contributed by atoms with Crippen molar-refractivity contribution in [3.8, 4) is 17.2 Å². The van der Waals surface area contributed by atoms with Crippen LogP contribution in [0, 0.1) is 20.8 Å². The summed E-state index contributed by atoms with van der Waals surface area (Å²) in [6.07, 6.45) is 0.475. The summed E-state index contributed by atoms with van der Waals surface area (Å²) in [6, 6.07) is 16.7. The van der Waals surface area contributed by atoms with E-state index in [-0.39, 0.29) is 36.7 Å². The number of carboxylic acid groups (broad SMARTS) is 2. The van der Waals surface area contributed by atoms with Crippen LogP contribution in [0.25, 0.3) is 0 Å². The van der Waals surface area contributed by atoms with E-state index in [0.29, 0.717) is 50.4 Å². The highest BCUT2D eigenvalue weighted by molar-refractivity contribution is 5.79. The number of rotatable bonds is 12. The van der Waals surface area contributed by atoms with Crippen LogP contribution in [-0.4, -0.2) is 55.7 Å². The molecule has 0 saturated heterocycles. The maximum Gasteiger partial charge on any atom is 0.323 e. The van der Waals surface area contributed by atoms with E-state index in [1.165, 1.54) is 4.90 Å². The van der Waals surface area contributed by atoms with Crippen LogP contribution in [0.3, 0.4) is 0 Å². The lowest BCUT2D eigenvalue weighted by Gasteiger charge is -2.20. The quantitative estimate of drug-likeness (QED) is 0.108. The predicted molar refractivity (Wildman–Crippen MR) is 168 cm³/mol. The fourth-order valence-corrected chi connectivity index (χ4v) is 5.15. The summed E-state index contributed by atoms with van der Waals surface area (Å²) in [5.74, 6) is -2.19. The lowest BCUT2D eigenvalue weighted by atomic mass is 9.91. The van der Waals surface area contributed by atoms with Gasteiger partial charge in [0.05, 0.1) is 18.0 Å². The largest absolute Gasteiger partial charge is 0.508 e. The van der Waals surface area contributed by atoms with E-state index in [1.807, 2.05) is 13.0 Å². The highest BCUT2D eigenvalue weighted by Crippen LogP contribution is 2.39. The highest BCUT2D eigenvalue weighted by atomic mass is 16.4. The third-order valence-corrected chi connectivity index (χ3v) is 7.48. The van der Waals surface area contributed by atoms with Crippen molar-refractivity contribution < 1.29 is 40.2 Å². The van der Waals surface area contributed by atoms with Gasteiger partial charge in [-0.15, -0.1) is 0 Å². The first-order chi connectivity index (χ1) is 21.4. The molecule has 0 amide bonds. The first-order valence-electron chi connectivity index (χ1n) is 14.1. The molecule has 0 bridgehead atoms. The number of phenolic OH excluding ortho intramolecular Hbond substituents is 2. The zero-order valence-corrected chi connectivity index (χ0v) is 25.2. The molecule has 4 rings (SSSR count). The molecule has 0 unspecified atom stereocenters. The molecule has 0 aromatic heterocycles. The van der Waals surface area contributed by atoms with Gasteiger partial charge in [0.1, 0.15) is 30.3 Å². The van der Waals surface area contributed by atoms with E-state index in [0.717, 1.165) is 11.1 Å². The lowest BCUT2D eigenvalue weighted by Crippen LogP contribution is -2.34. The number of hydrogen-bond acceptors (Lipinski definition) is 9. The Morgan fingerprint density at radius 3 is 2.02 bits per heavy atom. The fraction of sp³-hybridized carbons (Fsp3) is 0.235. The van der Waals surface area contributed by atoms with E-state index in [1.54, 1.807) is 68.4 Å². The van der Waals surface area contributed by atoms with Gasteiger partial charge in [-0.1, -0.05) is 23.8 Å². The summed E-state index contributed by atoms with van der Waals surface area (Å²) in [6.45, 7) is 4.12. The molecule has 45 heavy (non-hydrogen) atoms. The Kier molecular flexibility index (Phi) is 10.0. The average Bonchev–Trinajstić information content (AvgIpc) is 2.99. The van der Waals surface area contributed by atoms with Crippen molar-refractivity contribution in [2.24, 2.45) is 10.2 Å². The van der Waals surface area contributed by atoms with Crippen LogP contribution in [0.15, 0.2) is 70.9 Å². The monoisotopic (exact) mass is 613 g/mol. The molecule has 0 heterocycles. The maximum atomic E-state index is 11.5. The van der Waals surface area contributed by atoms with Crippen LogP contribution in [0.5, 0.6) is 17.2 Å². The highest BCUT2D eigenvalue weighted by Gasteiger charge is 2.19. The molecule has 0 aliphatic heterocycles.